The molecule has 44 heavy (non-hydrogen) atoms. The maximum absolute atomic E-state index is 14.2. The molecule has 0 saturated heterocycles. The monoisotopic (exact) mass is 623 g/mol. The number of benzene rings is 2. The minimum Gasteiger partial charge on any atom is -0.507 e. The van der Waals surface area contributed by atoms with Gasteiger partial charge in [0.1, 0.15) is 22.1 Å². The maximum atomic E-state index is 14.2. The average Bonchev–Trinajstić information content (AvgIpc) is 3.76. The van der Waals surface area contributed by atoms with Gasteiger partial charge in [-0.3, -0.25) is 14.4 Å². The highest BCUT2D eigenvalue weighted by atomic mass is 35.5. The molecule has 3 aromatic rings. The number of fused-ring (bicyclic) bond motifs is 2. The summed E-state index contributed by atoms with van der Waals surface area (Å²) in [6, 6.07) is 6.50. The van der Waals surface area contributed by atoms with Crippen LogP contribution in [-0.2, 0) is 16.0 Å². The number of imidazole rings is 1. The van der Waals surface area contributed by atoms with Crippen molar-refractivity contribution in [3.63, 3.8) is 0 Å². The van der Waals surface area contributed by atoms with Crippen LogP contribution in [0.5, 0.6) is 28.7 Å². The van der Waals surface area contributed by atoms with Gasteiger partial charge in [-0.2, -0.15) is 0 Å². The number of H-pyrrole nitrogens is 1. The summed E-state index contributed by atoms with van der Waals surface area (Å²) in [6.07, 6.45) is 3.38. The molecule has 0 fully saturated rings. The third-order valence-corrected chi connectivity index (χ3v) is 8.68. The summed E-state index contributed by atoms with van der Waals surface area (Å²) in [5, 5.41) is 14.9. The quantitative estimate of drug-likeness (QED) is 0.317. The molecule has 13 heteroatoms. The van der Waals surface area contributed by atoms with E-state index in [-0.39, 0.29) is 58.9 Å². The Hall–Kier alpha value is -4.71. The van der Waals surface area contributed by atoms with E-state index in [0.29, 0.717) is 30.0 Å². The molecule has 1 aliphatic carbocycles. The molecule has 0 saturated carbocycles. The zero-order valence-corrected chi connectivity index (χ0v) is 24.9. The van der Waals surface area contributed by atoms with Gasteiger partial charge in [0.2, 0.25) is 24.1 Å². The predicted molar refractivity (Wildman–Crippen MR) is 156 cm³/mol. The van der Waals surface area contributed by atoms with Crippen molar-refractivity contribution in [1.82, 2.24) is 15.3 Å². The van der Waals surface area contributed by atoms with E-state index in [4.69, 9.17) is 35.3 Å². The molecular weight excluding hydrogens is 594 g/mol. The molecule has 0 bridgehead atoms. The Bertz CT molecular complexity index is 1690. The SMILES string of the molecule is COc1cc(OC)c2c(c1Cl)OC1(C2=O)C(O)=C(C(CC(=O)NCCc2cnc[nH]2)c2ccc3c(c2)OCO3)C(=O)CC1C. The van der Waals surface area contributed by atoms with Crippen molar-refractivity contribution in [3.8, 4) is 28.7 Å². The third kappa shape index (κ3) is 4.69. The van der Waals surface area contributed by atoms with Crippen molar-refractivity contribution in [2.75, 3.05) is 27.6 Å². The molecule has 1 amide bonds. The largest absolute Gasteiger partial charge is 0.507 e. The van der Waals surface area contributed by atoms with Gasteiger partial charge in [0, 0.05) is 61.2 Å². The van der Waals surface area contributed by atoms with Gasteiger partial charge >= 0.3 is 0 Å². The molecule has 6 rings (SSSR count). The number of carbonyl (C=O) groups is 3. The highest BCUT2D eigenvalue weighted by Crippen LogP contribution is 2.56. The minimum atomic E-state index is -1.99. The van der Waals surface area contributed by atoms with Gasteiger partial charge in [-0.15, -0.1) is 0 Å². The van der Waals surface area contributed by atoms with Crippen molar-refractivity contribution in [3.05, 3.63) is 70.0 Å². The molecule has 0 radical (unpaired) electrons. The first-order valence-electron chi connectivity index (χ1n) is 14.0. The lowest BCUT2D eigenvalue weighted by atomic mass is 9.69. The van der Waals surface area contributed by atoms with Crippen LogP contribution in [0.4, 0.5) is 0 Å². The van der Waals surface area contributed by atoms with E-state index in [9.17, 15) is 19.5 Å². The van der Waals surface area contributed by atoms with E-state index in [1.807, 2.05) is 0 Å². The van der Waals surface area contributed by atoms with Gasteiger partial charge in [0.25, 0.3) is 0 Å². The van der Waals surface area contributed by atoms with Gasteiger partial charge in [-0.25, -0.2) is 4.98 Å². The number of hydrogen-bond donors (Lipinski definition) is 3. The van der Waals surface area contributed by atoms with Crippen LogP contribution in [0.3, 0.4) is 0 Å². The van der Waals surface area contributed by atoms with Crippen molar-refractivity contribution in [2.24, 2.45) is 5.92 Å². The van der Waals surface area contributed by atoms with Gasteiger partial charge in [-0.1, -0.05) is 24.6 Å². The summed E-state index contributed by atoms with van der Waals surface area (Å²) in [6.45, 7) is 1.98. The van der Waals surface area contributed by atoms with E-state index in [1.54, 1.807) is 37.6 Å². The lowest BCUT2D eigenvalue weighted by Gasteiger charge is -2.38. The number of rotatable bonds is 9. The Kier molecular flexibility index (Phi) is 7.62. The Morgan fingerprint density at radius 3 is 2.70 bits per heavy atom. The fourth-order valence-electron chi connectivity index (χ4n) is 6.07. The van der Waals surface area contributed by atoms with E-state index >= 15 is 0 Å². The number of aromatic nitrogens is 2. The number of aromatic amines is 1. The molecule has 1 spiro atoms. The van der Waals surface area contributed by atoms with E-state index in [1.165, 1.54) is 20.3 Å². The zero-order valence-electron chi connectivity index (χ0n) is 24.2. The summed E-state index contributed by atoms with van der Waals surface area (Å²) < 4.78 is 28.1. The number of ether oxygens (including phenoxy) is 5. The number of hydrogen-bond acceptors (Lipinski definition) is 10. The van der Waals surface area contributed by atoms with Gasteiger partial charge in [0.15, 0.2) is 28.8 Å². The van der Waals surface area contributed by atoms with Gasteiger partial charge in [-0.05, 0) is 17.7 Å². The lowest BCUT2D eigenvalue weighted by Crippen LogP contribution is -2.53. The standard InChI is InChI=1S/C31H30ClN3O9/c1-15-8-19(36)25(29(38)31(15)30(39)26-22(40-2)11-23(41-3)27(32)28(26)44-31)18(16-4-5-20-21(9-16)43-14-42-20)10-24(37)34-7-6-17-12-33-13-35-17/h4-5,9,11-13,15,18,38H,6-8,10,14H2,1-3H3,(H,33,35)(H,34,37). The smallest absolute Gasteiger partial charge is 0.231 e. The minimum absolute atomic E-state index is 0.0175. The number of halogens is 1. The Morgan fingerprint density at radius 2 is 1.98 bits per heavy atom. The normalized spacial score (nSPS) is 20.9. The van der Waals surface area contributed by atoms with Crippen LogP contribution in [0.25, 0.3) is 0 Å². The number of ketones is 2. The van der Waals surface area contributed by atoms with Crippen LogP contribution in [-0.4, -0.2) is 65.7 Å². The summed E-state index contributed by atoms with van der Waals surface area (Å²) in [4.78, 5) is 48.3. The first-order chi connectivity index (χ1) is 21.2. The second-order valence-electron chi connectivity index (χ2n) is 10.8. The van der Waals surface area contributed by atoms with Crippen LogP contribution in [0.1, 0.15) is 47.3 Å². The molecular formula is C31H30ClN3O9. The molecule has 3 aliphatic rings. The van der Waals surface area contributed by atoms with Crippen LogP contribution >= 0.6 is 11.6 Å². The number of carbonyl (C=O) groups excluding carboxylic acids is 3. The van der Waals surface area contributed by atoms with E-state index in [0.717, 1.165) is 5.69 Å². The molecule has 3 N–H and O–H groups in total. The zero-order chi connectivity index (χ0) is 31.2. The van der Waals surface area contributed by atoms with Crippen molar-refractivity contribution in [1.29, 1.82) is 0 Å². The number of aliphatic hydroxyl groups is 1. The topological polar surface area (TPSA) is 158 Å². The van der Waals surface area contributed by atoms with Crippen LogP contribution in [0.15, 0.2) is 48.1 Å². The molecule has 2 aliphatic heterocycles. The fraction of sp³-hybridized carbons (Fsp3) is 0.355. The Balaban J connectivity index is 1.43. The molecule has 2 aromatic carbocycles. The number of allylic oxidation sites excluding steroid dienone is 1. The fourth-order valence-corrected chi connectivity index (χ4v) is 6.34. The van der Waals surface area contributed by atoms with Crippen molar-refractivity contribution >= 4 is 29.1 Å². The highest BCUT2D eigenvalue weighted by Gasteiger charge is 2.61. The second-order valence-corrected chi connectivity index (χ2v) is 11.2. The van der Waals surface area contributed by atoms with E-state index in [2.05, 4.69) is 15.3 Å². The molecule has 1 aromatic heterocycles. The Morgan fingerprint density at radius 1 is 1.20 bits per heavy atom. The van der Waals surface area contributed by atoms with Crippen molar-refractivity contribution < 1.29 is 43.2 Å². The number of aliphatic hydroxyl groups excluding tert-OH is 1. The van der Waals surface area contributed by atoms with Crippen LogP contribution in [0, 0.1) is 5.92 Å². The summed E-state index contributed by atoms with van der Waals surface area (Å²) in [5.41, 5.74) is -0.701. The summed E-state index contributed by atoms with van der Waals surface area (Å²) in [5.74, 6) is -2.45. The maximum Gasteiger partial charge on any atom is 0.231 e. The lowest BCUT2D eigenvalue weighted by molar-refractivity contribution is -0.121. The average molecular weight is 624 g/mol. The number of nitrogens with one attached hydrogen (secondary N) is 2. The molecule has 3 atom stereocenters. The van der Waals surface area contributed by atoms with Crippen LogP contribution < -0.4 is 29.0 Å². The molecule has 230 valence electrons. The summed E-state index contributed by atoms with van der Waals surface area (Å²) >= 11 is 6.57. The molecule has 3 unspecified atom stereocenters. The highest BCUT2D eigenvalue weighted by molar-refractivity contribution is 6.35. The number of methoxy groups -OCH3 is 2. The van der Waals surface area contributed by atoms with Gasteiger partial charge in [0.05, 0.1) is 20.5 Å². The first kappa shape index (κ1) is 29.4. The third-order valence-electron chi connectivity index (χ3n) is 8.32. The summed E-state index contributed by atoms with van der Waals surface area (Å²) in [7, 11) is 2.80. The molecule has 12 nitrogen and oxygen atoms in total. The number of Topliss-reactive ketones (excluding diaryl/α,β-unsaturated/α-hetero) is 2. The predicted octanol–water partition coefficient (Wildman–Crippen LogP) is 4.08. The van der Waals surface area contributed by atoms with Gasteiger partial charge < -0.3 is 39.1 Å². The second kappa shape index (κ2) is 11.4. The number of amides is 1. The Labute approximate surface area is 257 Å². The number of nitrogens with zero attached hydrogens (tertiary/aromatic N) is 1. The van der Waals surface area contributed by atoms with Crippen LogP contribution in [0.2, 0.25) is 5.02 Å². The van der Waals surface area contributed by atoms with E-state index < -0.39 is 34.8 Å². The first-order valence-corrected chi connectivity index (χ1v) is 14.4. The van der Waals surface area contributed by atoms with Crippen molar-refractivity contribution in [2.45, 2.75) is 37.7 Å². The molecule has 3 heterocycles.